The number of anilines is 3. The van der Waals surface area contributed by atoms with E-state index in [0.717, 1.165) is 28.1 Å². The van der Waals surface area contributed by atoms with Crippen LogP contribution in [-0.4, -0.2) is 11.6 Å². The molecule has 128 valence electrons. The number of para-hydroxylation sites is 2. The van der Waals surface area contributed by atoms with Crippen LogP contribution in [0.15, 0.2) is 71.7 Å². The van der Waals surface area contributed by atoms with Crippen LogP contribution in [-0.2, 0) is 4.79 Å². The largest absolute Gasteiger partial charge is 0.397 e. The van der Waals surface area contributed by atoms with Gasteiger partial charge in [-0.25, -0.2) is 4.99 Å². The predicted molar refractivity (Wildman–Crippen MR) is 107 cm³/mol. The van der Waals surface area contributed by atoms with Gasteiger partial charge in [0.25, 0.3) is 5.91 Å². The lowest BCUT2D eigenvalue weighted by Crippen LogP contribution is -2.25. The highest BCUT2D eigenvalue weighted by molar-refractivity contribution is 6.56. The van der Waals surface area contributed by atoms with Gasteiger partial charge in [-0.2, -0.15) is 0 Å². The maximum Gasteiger partial charge on any atom is 0.282 e. The molecule has 3 aromatic carbocycles. The zero-order valence-corrected chi connectivity index (χ0v) is 14.7. The number of nitrogens with two attached hydrogens (primary N) is 1. The van der Waals surface area contributed by atoms with Gasteiger partial charge in [0, 0.05) is 11.3 Å². The number of benzene rings is 3. The fourth-order valence-corrected chi connectivity index (χ4v) is 3.18. The first-order valence-electron chi connectivity index (χ1n) is 8.50. The van der Waals surface area contributed by atoms with Gasteiger partial charge >= 0.3 is 0 Å². The monoisotopic (exact) mass is 341 g/mol. The Bertz CT molecular complexity index is 1040. The number of fused-ring (bicyclic) bond motifs is 1. The summed E-state index contributed by atoms with van der Waals surface area (Å²) in [5.74, 6) is -0.143. The second-order valence-electron chi connectivity index (χ2n) is 6.45. The van der Waals surface area contributed by atoms with E-state index in [1.807, 2.05) is 80.6 Å². The van der Waals surface area contributed by atoms with E-state index in [-0.39, 0.29) is 5.91 Å². The zero-order valence-electron chi connectivity index (χ0n) is 14.7. The number of nitrogens with zero attached hydrogens (tertiary/aromatic N) is 2. The van der Waals surface area contributed by atoms with E-state index >= 15 is 0 Å². The summed E-state index contributed by atoms with van der Waals surface area (Å²) in [5, 5.41) is 0. The summed E-state index contributed by atoms with van der Waals surface area (Å²) < 4.78 is 0. The molecule has 0 saturated heterocycles. The van der Waals surface area contributed by atoms with Crippen LogP contribution >= 0.6 is 0 Å². The number of carbonyl (C=O) groups excluding carboxylic acids is 1. The third-order valence-corrected chi connectivity index (χ3v) is 4.70. The lowest BCUT2D eigenvalue weighted by molar-refractivity contribution is -0.111. The van der Waals surface area contributed by atoms with Crippen molar-refractivity contribution in [2.24, 2.45) is 4.99 Å². The van der Waals surface area contributed by atoms with Crippen molar-refractivity contribution >= 4 is 34.4 Å². The number of hydrogen-bond donors (Lipinski definition) is 1. The van der Waals surface area contributed by atoms with Gasteiger partial charge < -0.3 is 5.73 Å². The molecule has 0 spiro atoms. The Morgan fingerprint density at radius 3 is 2.31 bits per heavy atom. The molecule has 0 saturated carbocycles. The van der Waals surface area contributed by atoms with Gasteiger partial charge in [-0.15, -0.1) is 0 Å². The highest BCUT2D eigenvalue weighted by Crippen LogP contribution is 2.37. The topological polar surface area (TPSA) is 58.7 Å². The summed E-state index contributed by atoms with van der Waals surface area (Å²) >= 11 is 0. The maximum atomic E-state index is 13.2. The Morgan fingerprint density at radius 1 is 0.885 bits per heavy atom. The molecule has 1 aliphatic rings. The molecule has 4 nitrogen and oxygen atoms in total. The van der Waals surface area contributed by atoms with E-state index in [2.05, 4.69) is 4.99 Å². The standard InChI is InChI=1S/C22H19N3O/c1-14-12-18(23)19(13-15(14)2)24-21-17-10-6-7-11-20(17)25(22(21)26)16-8-4-3-5-9-16/h3-13H,23H2,1-2H3. The van der Waals surface area contributed by atoms with Crippen molar-refractivity contribution in [2.45, 2.75) is 13.8 Å². The number of nitrogen functional groups attached to an aromatic ring is 1. The lowest BCUT2D eigenvalue weighted by Gasteiger charge is -2.16. The second kappa shape index (κ2) is 6.15. The summed E-state index contributed by atoms with van der Waals surface area (Å²) in [7, 11) is 0. The number of hydrogen-bond acceptors (Lipinski definition) is 3. The minimum Gasteiger partial charge on any atom is -0.397 e. The average molecular weight is 341 g/mol. The quantitative estimate of drug-likeness (QED) is 0.688. The fraction of sp³-hybridized carbons (Fsp3) is 0.0909. The molecule has 1 heterocycles. The van der Waals surface area contributed by atoms with E-state index in [1.165, 1.54) is 0 Å². The molecule has 0 aliphatic carbocycles. The van der Waals surface area contributed by atoms with Crippen molar-refractivity contribution in [3.63, 3.8) is 0 Å². The van der Waals surface area contributed by atoms with Crippen molar-refractivity contribution in [3.05, 3.63) is 83.4 Å². The van der Waals surface area contributed by atoms with Crippen LogP contribution in [0, 0.1) is 13.8 Å². The second-order valence-corrected chi connectivity index (χ2v) is 6.45. The van der Waals surface area contributed by atoms with Gasteiger partial charge in [0.2, 0.25) is 0 Å². The summed E-state index contributed by atoms with van der Waals surface area (Å²) in [4.78, 5) is 19.5. The minimum atomic E-state index is -0.143. The van der Waals surface area contributed by atoms with Crippen LogP contribution in [0.1, 0.15) is 16.7 Å². The summed E-state index contributed by atoms with van der Waals surface area (Å²) in [6, 6.07) is 21.1. The van der Waals surface area contributed by atoms with Crippen molar-refractivity contribution in [3.8, 4) is 0 Å². The highest BCUT2D eigenvalue weighted by atomic mass is 16.2. The van der Waals surface area contributed by atoms with Crippen LogP contribution in [0.2, 0.25) is 0 Å². The maximum absolute atomic E-state index is 13.2. The first kappa shape index (κ1) is 16.1. The molecule has 0 unspecified atom stereocenters. The molecular formula is C22H19N3O. The molecule has 2 N–H and O–H groups in total. The van der Waals surface area contributed by atoms with Gasteiger partial charge in [-0.05, 0) is 55.3 Å². The van der Waals surface area contributed by atoms with Crippen LogP contribution in [0.4, 0.5) is 22.7 Å². The van der Waals surface area contributed by atoms with Crippen molar-refractivity contribution < 1.29 is 4.79 Å². The van der Waals surface area contributed by atoms with E-state index in [4.69, 9.17) is 5.73 Å². The highest BCUT2D eigenvalue weighted by Gasteiger charge is 2.34. The molecule has 4 rings (SSSR count). The number of carbonyl (C=O) groups is 1. The molecule has 1 aliphatic heterocycles. The smallest absolute Gasteiger partial charge is 0.282 e. The third-order valence-electron chi connectivity index (χ3n) is 4.70. The number of aliphatic imine (C=N–C) groups is 1. The number of amides is 1. The zero-order chi connectivity index (χ0) is 18.3. The molecule has 0 aromatic heterocycles. The molecular weight excluding hydrogens is 322 g/mol. The van der Waals surface area contributed by atoms with Crippen molar-refractivity contribution in [1.82, 2.24) is 0 Å². The van der Waals surface area contributed by atoms with Gasteiger partial charge in [-0.3, -0.25) is 9.69 Å². The van der Waals surface area contributed by atoms with Crippen LogP contribution < -0.4 is 10.6 Å². The fourth-order valence-electron chi connectivity index (χ4n) is 3.18. The van der Waals surface area contributed by atoms with Crippen LogP contribution in [0.3, 0.4) is 0 Å². The first-order chi connectivity index (χ1) is 12.6. The Labute approximate surface area is 152 Å². The van der Waals surface area contributed by atoms with Crippen molar-refractivity contribution in [2.75, 3.05) is 10.6 Å². The average Bonchev–Trinajstić information content (AvgIpc) is 2.92. The van der Waals surface area contributed by atoms with Gasteiger partial charge in [0.15, 0.2) is 0 Å². The van der Waals surface area contributed by atoms with Crippen LogP contribution in [0.25, 0.3) is 0 Å². The normalized spacial score (nSPS) is 14.8. The molecule has 26 heavy (non-hydrogen) atoms. The summed E-state index contributed by atoms with van der Waals surface area (Å²) in [6.45, 7) is 4.02. The predicted octanol–water partition coefficient (Wildman–Crippen LogP) is 4.68. The minimum absolute atomic E-state index is 0.143. The first-order valence-corrected chi connectivity index (χ1v) is 8.50. The lowest BCUT2D eigenvalue weighted by atomic mass is 10.1. The Balaban J connectivity index is 1.88. The van der Waals surface area contributed by atoms with E-state index in [9.17, 15) is 4.79 Å². The van der Waals surface area contributed by atoms with Gasteiger partial charge in [-0.1, -0.05) is 36.4 Å². The number of aryl methyl sites for hydroxylation is 2. The van der Waals surface area contributed by atoms with Crippen molar-refractivity contribution in [1.29, 1.82) is 0 Å². The molecule has 0 atom stereocenters. The van der Waals surface area contributed by atoms with Gasteiger partial charge in [0.1, 0.15) is 5.71 Å². The molecule has 0 fully saturated rings. The molecule has 4 heteroatoms. The molecule has 1 amide bonds. The van der Waals surface area contributed by atoms with E-state index in [0.29, 0.717) is 17.1 Å². The molecule has 0 bridgehead atoms. The summed E-state index contributed by atoms with van der Waals surface area (Å²) in [5.41, 5.74) is 12.4. The van der Waals surface area contributed by atoms with Gasteiger partial charge in [0.05, 0.1) is 17.1 Å². The third kappa shape index (κ3) is 2.56. The molecule has 3 aromatic rings. The number of rotatable bonds is 2. The molecule has 0 radical (unpaired) electrons. The van der Waals surface area contributed by atoms with E-state index < -0.39 is 0 Å². The Hall–Kier alpha value is -3.40. The van der Waals surface area contributed by atoms with E-state index in [1.54, 1.807) is 4.90 Å². The summed E-state index contributed by atoms with van der Waals surface area (Å²) in [6.07, 6.45) is 0. The SMILES string of the molecule is Cc1cc(N)c(N=C2C(=O)N(c3ccccc3)c3ccccc32)cc1C. The Morgan fingerprint density at radius 2 is 1.54 bits per heavy atom. The Kier molecular flexibility index (Phi) is 3.81. The van der Waals surface area contributed by atoms with Crippen LogP contribution in [0.5, 0.6) is 0 Å².